The average Bonchev–Trinajstić information content (AvgIpc) is 3.03. The van der Waals surface area contributed by atoms with Crippen molar-refractivity contribution in [3.05, 3.63) is 59.7 Å². The lowest BCUT2D eigenvalue weighted by molar-refractivity contribution is -0.137. The summed E-state index contributed by atoms with van der Waals surface area (Å²) in [5, 5.41) is 11.5. The number of anilines is 2. The van der Waals surface area contributed by atoms with Crippen LogP contribution in [-0.4, -0.2) is 18.4 Å². The molecule has 0 spiro atoms. The van der Waals surface area contributed by atoms with Crippen molar-refractivity contribution in [2.24, 2.45) is 5.92 Å². The summed E-state index contributed by atoms with van der Waals surface area (Å²) in [5.74, 6) is -1.54. The standard InChI is InChI=1S/C19H14F3N3O2/c20-19(21,22)14-4-2-6-16(9-14)25-11-13(8-17(25)26)18(27)24-15-5-1-3-12(7-15)10-23/h1-7,9,13H,8,11H2,(H,24,27)/t13-/m1/s1. The lowest BCUT2D eigenvalue weighted by Gasteiger charge is -2.18. The quantitative estimate of drug-likeness (QED) is 0.894. The van der Waals surface area contributed by atoms with Crippen LogP contribution in [0.25, 0.3) is 0 Å². The predicted molar refractivity (Wildman–Crippen MR) is 91.7 cm³/mol. The van der Waals surface area contributed by atoms with E-state index >= 15 is 0 Å². The number of carbonyl (C=O) groups excluding carboxylic acids is 2. The first-order valence-electron chi connectivity index (χ1n) is 8.06. The van der Waals surface area contributed by atoms with Gasteiger partial charge < -0.3 is 10.2 Å². The van der Waals surface area contributed by atoms with E-state index in [1.807, 2.05) is 6.07 Å². The predicted octanol–water partition coefficient (Wildman–Crippen LogP) is 3.57. The van der Waals surface area contributed by atoms with E-state index in [0.29, 0.717) is 11.3 Å². The Bertz CT molecular complexity index is 934. The van der Waals surface area contributed by atoms with Crippen molar-refractivity contribution >= 4 is 23.2 Å². The highest BCUT2D eigenvalue weighted by molar-refractivity contribution is 6.03. The smallest absolute Gasteiger partial charge is 0.326 e. The summed E-state index contributed by atoms with van der Waals surface area (Å²) in [4.78, 5) is 25.8. The Hall–Kier alpha value is -3.34. The number of nitriles is 1. The summed E-state index contributed by atoms with van der Waals surface area (Å²) in [5.41, 5.74) is 0.0514. The molecule has 1 N–H and O–H groups in total. The number of hydrogen-bond donors (Lipinski definition) is 1. The maximum atomic E-state index is 12.9. The molecule has 1 saturated heterocycles. The number of rotatable bonds is 3. The van der Waals surface area contributed by atoms with E-state index in [1.165, 1.54) is 23.1 Å². The van der Waals surface area contributed by atoms with Gasteiger partial charge in [0.25, 0.3) is 0 Å². The first-order chi connectivity index (χ1) is 12.8. The van der Waals surface area contributed by atoms with Gasteiger partial charge in [-0.05, 0) is 36.4 Å². The Morgan fingerprint density at radius 2 is 1.93 bits per heavy atom. The Balaban J connectivity index is 1.73. The zero-order valence-corrected chi connectivity index (χ0v) is 14.0. The van der Waals surface area contributed by atoms with Crippen LogP contribution in [0.3, 0.4) is 0 Å². The molecule has 0 saturated carbocycles. The Kier molecular flexibility index (Phi) is 4.86. The molecule has 0 aromatic heterocycles. The first-order valence-corrected chi connectivity index (χ1v) is 8.06. The summed E-state index contributed by atoms with van der Waals surface area (Å²) in [6.07, 6.45) is -4.61. The lowest BCUT2D eigenvalue weighted by atomic mass is 10.1. The van der Waals surface area contributed by atoms with E-state index in [1.54, 1.807) is 18.2 Å². The molecule has 2 aromatic carbocycles. The number of carbonyl (C=O) groups is 2. The molecule has 1 heterocycles. The average molecular weight is 373 g/mol. The molecule has 0 unspecified atom stereocenters. The Labute approximate surface area is 153 Å². The molecule has 3 rings (SSSR count). The second kappa shape index (κ2) is 7.11. The molecule has 1 fully saturated rings. The largest absolute Gasteiger partial charge is 0.416 e. The number of hydrogen-bond acceptors (Lipinski definition) is 3. The lowest BCUT2D eigenvalue weighted by Crippen LogP contribution is -2.28. The van der Waals surface area contributed by atoms with Gasteiger partial charge in [0, 0.05) is 24.3 Å². The molecule has 1 aliphatic rings. The van der Waals surface area contributed by atoms with Crippen LogP contribution >= 0.6 is 0 Å². The van der Waals surface area contributed by atoms with Crippen LogP contribution in [0.1, 0.15) is 17.5 Å². The summed E-state index contributed by atoms with van der Waals surface area (Å²) in [6.45, 7) is -0.0100. The summed E-state index contributed by atoms with van der Waals surface area (Å²) in [7, 11) is 0. The third kappa shape index (κ3) is 4.08. The Morgan fingerprint density at radius 1 is 1.19 bits per heavy atom. The van der Waals surface area contributed by atoms with Crippen molar-refractivity contribution in [1.82, 2.24) is 0 Å². The first kappa shape index (κ1) is 18.5. The van der Waals surface area contributed by atoms with Gasteiger partial charge >= 0.3 is 6.18 Å². The van der Waals surface area contributed by atoms with Crippen molar-refractivity contribution in [3.8, 4) is 6.07 Å². The third-order valence-electron chi connectivity index (χ3n) is 4.24. The summed E-state index contributed by atoms with van der Waals surface area (Å²) >= 11 is 0. The van der Waals surface area contributed by atoms with E-state index in [-0.39, 0.29) is 18.7 Å². The molecule has 138 valence electrons. The zero-order valence-electron chi connectivity index (χ0n) is 14.0. The molecule has 8 heteroatoms. The zero-order chi connectivity index (χ0) is 19.6. The molecule has 1 atom stereocenters. The maximum absolute atomic E-state index is 12.9. The van der Waals surface area contributed by atoms with Crippen LogP contribution < -0.4 is 10.2 Å². The fraction of sp³-hybridized carbons (Fsp3) is 0.211. The van der Waals surface area contributed by atoms with E-state index in [2.05, 4.69) is 5.32 Å². The van der Waals surface area contributed by atoms with E-state index < -0.39 is 29.5 Å². The third-order valence-corrected chi connectivity index (χ3v) is 4.24. The van der Waals surface area contributed by atoms with Crippen molar-refractivity contribution < 1.29 is 22.8 Å². The minimum Gasteiger partial charge on any atom is -0.326 e. The molecule has 0 radical (unpaired) electrons. The van der Waals surface area contributed by atoms with Gasteiger partial charge in [-0.25, -0.2) is 0 Å². The second-order valence-electron chi connectivity index (χ2n) is 6.14. The molecule has 2 aromatic rings. The van der Waals surface area contributed by atoms with Gasteiger partial charge in [0.15, 0.2) is 0 Å². The number of amides is 2. The summed E-state index contributed by atoms with van der Waals surface area (Å²) in [6, 6.07) is 12.7. The highest BCUT2D eigenvalue weighted by Crippen LogP contribution is 2.33. The van der Waals surface area contributed by atoms with Crippen molar-refractivity contribution in [3.63, 3.8) is 0 Å². The highest BCUT2D eigenvalue weighted by Gasteiger charge is 2.37. The molecule has 1 aliphatic heterocycles. The number of nitrogens with zero attached hydrogens (tertiary/aromatic N) is 2. The Morgan fingerprint density at radius 3 is 2.63 bits per heavy atom. The van der Waals surface area contributed by atoms with Crippen LogP contribution in [0.15, 0.2) is 48.5 Å². The van der Waals surface area contributed by atoms with Crippen molar-refractivity contribution in [1.29, 1.82) is 5.26 Å². The van der Waals surface area contributed by atoms with Gasteiger partial charge in [-0.2, -0.15) is 18.4 Å². The van der Waals surface area contributed by atoms with Gasteiger partial charge in [-0.15, -0.1) is 0 Å². The number of alkyl halides is 3. The molecular formula is C19H14F3N3O2. The van der Waals surface area contributed by atoms with Crippen LogP contribution in [0, 0.1) is 17.2 Å². The van der Waals surface area contributed by atoms with Crippen LogP contribution in [0.5, 0.6) is 0 Å². The van der Waals surface area contributed by atoms with E-state index in [0.717, 1.165) is 12.1 Å². The maximum Gasteiger partial charge on any atom is 0.416 e. The molecule has 27 heavy (non-hydrogen) atoms. The summed E-state index contributed by atoms with van der Waals surface area (Å²) < 4.78 is 38.6. The van der Waals surface area contributed by atoms with E-state index in [4.69, 9.17) is 5.26 Å². The van der Waals surface area contributed by atoms with Crippen LogP contribution in [0.4, 0.5) is 24.5 Å². The van der Waals surface area contributed by atoms with Gasteiger partial charge in [-0.3, -0.25) is 9.59 Å². The van der Waals surface area contributed by atoms with Crippen LogP contribution in [0.2, 0.25) is 0 Å². The molecule has 0 bridgehead atoms. The number of benzene rings is 2. The van der Waals surface area contributed by atoms with Gasteiger partial charge in [0.1, 0.15) is 0 Å². The molecule has 0 aliphatic carbocycles. The van der Waals surface area contributed by atoms with Crippen molar-refractivity contribution in [2.45, 2.75) is 12.6 Å². The second-order valence-corrected chi connectivity index (χ2v) is 6.14. The topological polar surface area (TPSA) is 73.2 Å². The minimum atomic E-state index is -4.51. The van der Waals surface area contributed by atoms with Gasteiger partial charge in [0.05, 0.1) is 23.1 Å². The SMILES string of the molecule is N#Cc1cccc(NC(=O)[C@@H]2CC(=O)N(c3cccc(C(F)(F)F)c3)C2)c1. The van der Waals surface area contributed by atoms with E-state index in [9.17, 15) is 22.8 Å². The fourth-order valence-electron chi connectivity index (χ4n) is 2.89. The highest BCUT2D eigenvalue weighted by atomic mass is 19.4. The normalized spacial score (nSPS) is 16.9. The molecule has 5 nitrogen and oxygen atoms in total. The van der Waals surface area contributed by atoms with Gasteiger partial charge in [0.2, 0.25) is 11.8 Å². The molecule has 2 amide bonds. The monoisotopic (exact) mass is 373 g/mol. The van der Waals surface area contributed by atoms with Gasteiger partial charge in [-0.1, -0.05) is 12.1 Å². The number of halogens is 3. The van der Waals surface area contributed by atoms with Crippen molar-refractivity contribution in [2.75, 3.05) is 16.8 Å². The number of nitrogens with one attached hydrogen (secondary N) is 1. The minimum absolute atomic E-state index is 0.0100. The van der Waals surface area contributed by atoms with Crippen LogP contribution in [-0.2, 0) is 15.8 Å². The molecular weight excluding hydrogens is 359 g/mol. The fourth-order valence-corrected chi connectivity index (χ4v) is 2.89.